The minimum Gasteiger partial charge on any atom is -0.382 e. The van der Waals surface area contributed by atoms with Gasteiger partial charge in [0.25, 0.3) is 0 Å². The Balaban J connectivity index is 2.07. The molecule has 1 aliphatic carbocycles. The van der Waals surface area contributed by atoms with Gasteiger partial charge in [-0.05, 0) is 49.6 Å². The molecule has 2 unspecified atom stereocenters. The third-order valence-corrected chi connectivity index (χ3v) is 4.72. The lowest BCUT2D eigenvalue weighted by molar-refractivity contribution is 0.516. The maximum Gasteiger partial charge on any atom is 0.175 e. The van der Waals surface area contributed by atoms with Gasteiger partial charge in [-0.15, -0.1) is 0 Å². The number of hydrogen-bond acceptors (Lipinski definition) is 4. The van der Waals surface area contributed by atoms with E-state index >= 15 is 0 Å². The molecule has 0 heterocycles. The third kappa shape index (κ3) is 3.03. The molecule has 1 aromatic carbocycles. The SMILES string of the molecule is CS(=O)(=O)c1ccc(NC2CCCC2CN)cc1. The number of sulfone groups is 1. The molecule has 0 spiro atoms. The Morgan fingerprint density at radius 3 is 2.50 bits per heavy atom. The summed E-state index contributed by atoms with van der Waals surface area (Å²) < 4.78 is 22.7. The second kappa shape index (κ2) is 5.28. The molecule has 1 aromatic rings. The molecular formula is C13H20N2O2S. The van der Waals surface area contributed by atoms with Crippen molar-refractivity contribution in [1.29, 1.82) is 0 Å². The van der Waals surface area contributed by atoms with Crippen molar-refractivity contribution in [3.05, 3.63) is 24.3 Å². The molecule has 0 aliphatic heterocycles. The molecule has 18 heavy (non-hydrogen) atoms. The van der Waals surface area contributed by atoms with Crippen LogP contribution in [0, 0.1) is 5.92 Å². The lowest BCUT2D eigenvalue weighted by atomic mass is 10.0. The van der Waals surface area contributed by atoms with Crippen LogP contribution >= 0.6 is 0 Å². The van der Waals surface area contributed by atoms with Crippen LogP contribution in [0.15, 0.2) is 29.2 Å². The molecule has 1 aliphatic rings. The van der Waals surface area contributed by atoms with Crippen LogP contribution in [0.4, 0.5) is 5.69 Å². The van der Waals surface area contributed by atoms with Crippen LogP contribution in [0.5, 0.6) is 0 Å². The molecule has 3 N–H and O–H groups in total. The fraction of sp³-hybridized carbons (Fsp3) is 0.538. The molecule has 1 fully saturated rings. The lowest BCUT2D eigenvalue weighted by Crippen LogP contribution is -2.29. The van der Waals surface area contributed by atoms with Crippen molar-refractivity contribution in [2.75, 3.05) is 18.1 Å². The van der Waals surface area contributed by atoms with Crippen molar-refractivity contribution in [3.63, 3.8) is 0 Å². The van der Waals surface area contributed by atoms with E-state index in [1.807, 2.05) is 12.1 Å². The second-order valence-corrected chi connectivity index (χ2v) is 6.99. The monoisotopic (exact) mass is 268 g/mol. The summed E-state index contributed by atoms with van der Waals surface area (Å²) in [6, 6.07) is 7.35. The zero-order valence-electron chi connectivity index (χ0n) is 10.6. The molecule has 0 radical (unpaired) electrons. The van der Waals surface area contributed by atoms with Gasteiger partial charge >= 0.3 is 0 Å². The van der Waals surface area contributed by atoms with Crippen LogP contribution in [0.25, 0.3) is 0 Å². The molecule has 0 saturated heterocycles. The first kappa shape index (κ1) is 13.4. The van der Waals surface area contributed by atoms with Crippen molar-refractivity contribution < 1.29 is 8.42 Å². The first-order valence-electron chi connectivity index (χ1n) is 6.27. The maximum absolute atomic E-state index is 11.4. The van der Waals surface area contributed by atoms with Gasteiger partial charge in [-0.3, -0.25) is 0 Å². The Morgan fingerprint density at radius 1 is 1.28 bits per heavy atom. The van der Waals surface area contributed by atoms with Gasteiger partial charge in [0.05, 0.1) is 4.90 Å². The summed E-state index contributed by atoms with van der Waals surface area (Å²) >= 11 is 0. The van der Waals surface area contributed by atoms with E-state index in [9.17, 15) is 8.42 Å². The first-order valence-corrected chi connectivity index (χ1v) is 8.16. The highest BCUT2D eigenvalue weighted by Crippen LogP contribution is 2.28. The normalized spacial score (nSPS) is 24.1. The van der Waals surface area contributed by atoms with Gasteiger partial charge in [-0.1, -0.05) is 6.42 Å². The Labute approximate surface area is 108 Å². The Kier molecular flexibility index (Phi) is 3.92. The van der Waals surface area contributed by atoms with Crippen LogP contribution in [-0.4, -0.2) is 27.3 Å². The molecule has 5 heteroatoms. The molecule has 1 saturated carbocycles. The van der Waals surface area contributed by atoms with E-state index in [0.29, 0.717) is 23.4 Å². The van der Waals surface area contributed by atoms with Gasteiger partial charge < -0.3 is 11.1 Å². The highest BCUT2D eigenvalue weighted by atomic mass is 32.2. The number of hydrogen-bond donors (Lipinski definition) is 2. The topological polar surface area (TPSA) is 72.2 Å². The van der Waals surface area contributed by atoms with Gasteiger partial charge in [0, 0.05) is 18.0 Å². The van der Waals surface area contributed by atoms with Crippen LogP contribution in [0.1, 0.15) is 19.3 Å². The van der Waals surface area contributed by atoms with Crippen molar-refractivity contribution in [1.82, 2.24) is 0 Å². The van der Waals surface area contributed by atoms with Gasteiger partial charge in [0.2, 0.25) is 0 Å². The van der Waals surface area contributed by atoms with E-state index in [1.54, 1.807) is 12.1 Å². The Morgan fingerprint density at radius 2 is 1.94 bits per heavy atom. The van der Waals surface area contributed by atoms with E-state index < -0.39 is 9.84 Å². The van der Waals surface area contributed by atoms with Crippen molar-refractivity contribution in [2.24, 2.45) is 11.7 Å². The summed E-state index contributed by atoms with van der Waals surface area (Å²) in [5.41, 5.74) is 6.71. The van der Waals surface area contributed by atoms with Gasteiger partial charge in [-0.25, -0.2) is 8.42 Å². The molecule has 0 amide bonds. The van der Waals surface area contributed by atoms with E-state index in [1.165, 1.54) is 19.1 Å². The average Bonchev–Trinajstić information content (AvgIpc) is 2.76. The van der Waals surface area contributed by atoms with Crippen LogP contribution < -0.4 is 11.1 Å². The average molecular weight is 268 g/mol. The zero-order valence-corrected chi connectivity index (χ0v) is 11.4. The number of nitrogens with two attached hydrogens (primary N) is 1. The molecule has 0 bridgehead atoms. The molecular weight excluding hydrogens is 248 g/mol. The summed E-state index contributed by atoms with van der Waals surface area (Å²) in [4.78, 5) is 0.356. The Hall–Kier alpha value is -1.07. The summed E-state index contributed by atoms with van der Waals surface area (Å²) in [6.45, 7) is 0.707. The molecule has 4 nitrogen and oxygen atoms in total. The van der Waals surface area contributed by atoms with Gasteiger partial charge in [-0.2, -0.15) is 0 Å². The fourth-order valence-electron chi connectivity index (χ4n) is 2.52. The molecule has 2 rings (SSSR count). The third-order valence-electron chi connectivity index (χ3n) is 3.60. The quantitative estimate of drug-likeness (QED) is 0.870. The minimum absolute atomic E-state index is 0.356. The minimum atomic E-state index is -3.11. The van der Waals surface area contributed by atoms with E-state index in [-0.39, 0.29) is 0 Å². The van der Waals surface area contributed by atoms with Gasteiger partial charge in [0.15, 0.2) is 9.84 Å². The second-order valence-electron chi connectivity index (χ2n) is 4.97. The standard InChI is InChI=1S/C13H20N2O2S/c1-18(16,17)12-7-5-11(6-8-12)15-13-4-2-3-10(13)9-14/h5-8,10,13,15H,2-4,9,14H2,1H3. The predicted octanol–water partition coefficient (Wildman–Crippen LogP) is 1.63. The summed E-state index contributed by atoms with van der Waals surface area (Å²) in [6.07, 6.45) is 4.74. The van der Waals surface area contributed by atoms with Crippen molar-refractivity contribution in [3.8, 4) is 0 Å². The first-order chi connectivity index (χ1) is 8.50. The fourth-order valence-corrected chi connectivity index (χ4v) is 3.15. The molecule has 2 atom stereocenters. The van der Waals surface area contributed by atoms with Crippen LogP contribution in [-0.2, 0) is 9.84 Å². The van der Waals surface area contributed by atoms with E-state index in [2.05, 4.69) is 5.32 Å². The lowest BCUT2D eigenvalue weighted by Gasteiger charge is -2.20. The van der Waals surface area contributed by atoms with Crippen molar-refractivity contribution >= 4 is 15.5 Å². The van der Waals surface area contributed by atoms with Gasteiger partial charge in [0.1, 0.15) is 0 Å². The summed E-state index contributed by atoms with van der Waals surface area (Å²) in [7, 11) is -3.11. The van der Waals surface area contributed by atoms with E-state index in [4.69, 9.17) is 5.73 Å². The smallest absolute Gasteiger partial charge is 0.175 e. The van der Waals surface area contributed by atoms with Crippen LogP contribution in [0.3, 0.4) is 0 Å². The number of rotatable bonds is 4. The predicted molar refractivity (Wildman–Crippen MR) is 73.4 cm³/mol. The Bertz CT molecular complexity index is 496. The number of anilines is 1. The van der Waals surface area contributed by atoms with E-state index in [0.717, 1.165) is 12.1 Å². The zero-order chi connectivity index (χ0) is 13.2. The number of nitrogens with one attached hydrogen (secondary N) is 1. The van der Waals surface area contributed by atoms with Crippen molar-refractivity contribution in [2.45, 2.75) is 30.2 Å². The highest BCUT2D eigenvalue weighted by Gasteiger charge is 2.25. The number of benzene rings is 1. The van der Waals surface area contributed by atoms with Crippen LogP contribution in [0.2, 0.25) is 0 Å². The maximum atomic E-state index is 11.4. The molecule has 0 aromatic heterocycles. The highest BCUT2D eigenvalue weighted by molar-refractivity contribution is 7.90. The summed E-state index contributed by atoms with van der Waals surface area (Å²) in [5.74, 6) is 0.527. The largest absolute Gasteiger partial charge is 0.382 e. The summed E-state index contributed by atoms with van der Waals surface area (Å²) in [5, 5.41) is 3.45. The molecule has 100 valence electrons.